The Morgan fingerprint density at radius 2 is 2.17 bits per heavy atom. The molecule has 23 heavy (non-hydrogen) atoms. The van der Waals surface area contributed by atoms with Crippen LogP contribution in [-0.4, -0.2) is 20.6 Å². The largest absolute Gasteiger partial charge is 0.409 e. The molecule has 0 spiro atoms. The maximum absolute atomic E-state index is 8.85. The van der Waals surface area contributed by atoms with Crippen molar-refractivity contribution < 1.29 is 5.21 Å². The Bertz CT molecular complexity index is 834. The smallest absolute Gasteiger partial charge is 0.180 e. The predicted molar refractivity (Wildman–Crippen MR) is 94.7 cm³/mol. The molecule has 0 amide bonds. The van der Waals surface area contributed by atoms with Crippen molar-refractivity contribution in [2.24, 2.45) is 10.9 Å². The Kier molecular flexibility index (Phi) is 4.62. The van der Waals surface area contributed by atoms with Crippen molar-refractivity contribution in [3.8, 4) is 5.69 Å². The normalized spacial score (nSPS) is 12.1. The van der Waals surface area contributed by atoms with E-state index >= 15 is 0 Å². The lowest BCUT2D eigenvalue weighted by Gasteiger charge is -2.07. The fourth-order valence-corrected chi connectivity index (χ4v) is 3.46. The van der Waals surface area contributed by atoms with Gasteiger partial charge in [0, 0.05) is 11.8 Å². The molecule has 6 heteroatoms. The Labute approximate surface area is 139 Å². The summed E-state index contributed by atoms with van der Waals surface area (Å²) in [5, 5.41) is 13.9. The van der Waals surface area contributed by atoms with E-state index < -0.39 is 0 Å². The van der Waals surface area contributed by atoms with E-state index in [4.69, 9.17) is 15.9 Å². The van der Waals surface area contributed by atoms with Crippen molar-refractivity contribution >= 4 is 28.2 Å². The molecule has 0 radical (unpaired) electrons. The number of aryl methyl sites for hydroxylation is 1. The van der Waals surface area contributed by atoms with E-state index in [2.05, 4.69) is 22.7 Å². The second kappa shape index (κ2) is 6.83. The van der Waals surface area contributed by atoms with Crippen molar-refractivity contribution in [3.05, 3.63) is 46.4 Å². The minimum atomic E-state index is 0.137. The van der Waals surface area contributed by atoms with E-state index in [0.29, 0.717) is 0 Å². The molecule has 2 heterocycles. The number of nitrogens with two attached hydrogens (primary N) is 1. The van der Waals surface area contributed by atoms with Crippen LogP contribution in [0.4, 0.5) is 0 Å². The lowest BCUT2D eigenvalue weighted by molar-refractivity contribution is 0.319. The second-order valence-electron chi connectivity index (χ2n) is 5.46. The van der Waals surface area contributed by atoms with Gasteiger partial charge in [0.05, 0.1) is 21.6 Å². The standard InChI is InChI=1S/C17H20N4OS/c1-2-3-4-9-16-19-13-7-5-6-8-14(13)21(16)12-10-15(23-11-12)17(18)20-22/h5-8,10-11,22H,2-4,9H2,1H3,(H2,18,20). The van der Waals surface area contributed by atoms with Crippen LogP contribution in [0.3, 0.4) is 0 Å². The average molecular weight is 328 g/mol. The molecule has 0 unspecified atom stereocenters. The predicted octanol–water partition coefficient (Wildman–Crippen LogP) is 3.91. The van der Waals surface area contributed by atoms with E-state index in [1.165, 1.54) is 24.2 Å². The van der Waals surface area contributed by atoms with Crippen LogP contribution in [0.2, 0.25) is 0 Å². The van der Waals surface area contributed by atoms with Gasteiger partial charge in [-0.2, -0.15) is 0 Å². The number of para-hydroxylation sites is 2. The van der Waals surface area contributed by atoms with Gasteiger partial charge >= 0.3 is 0 Å². The van der Waals surface area contributed by atoms with E-state index in [9.17, 15) is 0 Å². The van der Waals surface area contributed by atoms with Crippen molar-refractivity contribution in [2.45, 2.75) is 32.6 Å². The topological polar surface area (TPSA) is 76.4 Å². The number of unbranched alkanes of at least 4 members (excludes halogenated alkanes) is 2. The van der Waals surface area contributed by atoms with Crippen LogP contribution in [0.25, 0.3) is 16.7 Å². The molecule has 0 aliphatic rings. The molecule has 3 rings (SSSR count). The van der Waals surface area contributed by atoms with E-state index in [1.807, 2.05) is 29.6 Å². The van der Waals surface area contributed by atoms with Crippen molar-refractivity contribution in [2.75, 3.05) is 0 Å². The van der Waals surface area contributed by atoms with Crippen molar-refractivity contribution in [1.29, 1.82) is 0 Å². The Balaban J connectivity index is 2.06. The second-order valence-corrected chi connectivity index (χ2v) is 6.37. The highest BCUT2D eigenvalue weighted by molar-refractivity contribution is 7.12. The molecule has 120 valence electrons. The van der Waals surface area contributed by atoms with Gasteiger partial charge in [-0.1, -0.05) is 37.1 Å². The number of hydrogen-bond donors (Lipinski definition) is 2. The van der Waals surface area contributed by atoms with Gasteiger partial charge in [-0.05, 0) is 24.6 Å². The highest BCUT2D eigenvalue weighted by atomic mass is 32.1. The Morgan fingerprint density at radius 3 is 2.96 bits per heavy atom. The monoisotopic (exact) mass is 328 g/mol. The molecular weight excluding hydrogens is 308 g/mol. The number of benzene rings is 1. The molecule has 0 saturated heterocycles. The number of rotatable bonds is 6. The lowest BCUT2D eigenvalue weighted by atomic mass is 10.2. The SMILES string of the molecule is CCCCCc1nc2ccccc2n1-c1csc(/C(N)=N/O)c1. The zero-order chi connectivity index (χ0) is 16.2. The van der Waals surface area contributed by atoms with Crippen LogP contribution in [0.1, 0.15) is 36.9 Å². The number of oxime groups is 1. The molecule has 0 aliphatic heterocycles. The summed E-state index contributed by atoms with van der Waals surface area (Å²) in [6.45, 7) is 2.20. The third-order valence-corrected chi connectivity index (χ3v) is 4.78. The van der Waals surface area contributed by atoms with Gasteiger partial charge in [-0.3, -0.25) is 4.57 Å². The number of nitrogens with zero attached hydrogens (tertiary/aromatic N) is 3. The zero-order valence-corrected chi connectivity index (χ0v) is 13.9. The van der Waals surface area contributed by atoms with Crippen LogP contribution < -0.4 is 5.73 Å². The molecule has 0 saturated carbocycles. The van der Waals surface area contributed by atoms with Gasteiger partial charge in [-0.25, -0.2) is 4.98 Å². The van der Waals surface area contributed by atoms with Gasteiger partial charge in [0.1, 0.15) is 5.82 Å². The van der Waals surface area contributed by atoms with Crippen LogP contribution in [0.5, 0.6) is 0 Å². The number of fused-ring (bicyclic) bond motifs is 1. The summed E-state index contributed by atoms with van der Waals surface area (Å²) in [5.41, 5.74) is 8.79. The van der Waals surface area contributed by atoms with Crippen molar-refractivity contribution in [1.82, 2.24) is 9.55 Å². The van der Waals surface area contributed by atoms with Gasteiger partial charge < -0.3 is 10.9 Å². The minimum absolute atomic E-state index is 0.137. The maximum atomic E-state index is 8.85. The highest BCUT2D eigenvalue weighted by Gasteiger charge is 2.14. The summed E-state index contributed by atoms with van der Waals surface area (Å²) >= 11 is 1.46. The third-order valence-electron chi connectivity index (χ3n) is 3.84. The highest BCUT2D eigenvalue weighted by Crippen LogP contribution is 2.26. The summed E-state index contributed by atoms with van der Waals surface area (Å²) in [7, 11) is 0. The average Bonchev–Trinajstić information content (AvgIpc) is 3.18. The first-order chi connectivity index (χ1) is 11.2. The summed E-state index contributed by atoms with van der Waals surface area (Å²) in [4.78, 5) is 5.54. The first kappa shape index (κ1) is 15.6. The fraction of sp³-hybridized carbons (Fsp3) is 0.294. The van der Waals surface area contributed by atoms with E-state index in [1.54, 1.807) is 0 Å². The minimum Gasteiger partial charge on any atom is -0.409 e. The Hall–Kier alpha value is -2.34. The van der Waals surface area contributed by atoms with Crippen LogP contribution in [-0.2, 0) is 6.42 Å². The number of aromatic nitrogens is 2. The molecule has 3 aromatic rings. The van der Waals surface area contributed by atoms with Crippen LogP contribution >= 0.6 is 11.3 Å². The summed E-state index contributed by atoms with van der Waals surface area (Å²) in [6, 6.07) is 10.1. The number of hydrogen-bond acceptors (Lipinski definition) is 4. The summed E-state index contributed by atoms with van der Waals surface area (Å²) in [6.07, 6.45) is 4.45. The molecule has 0 bridgehead atoms. The van der Waals surface area contributed by atoms with Gasteiger partial charge in [0.25, 0.3) is 0 Å². The van der Waals surface area contributed by atoms with Crippen molar-refractivity contribution in [3.63, 3.8) is 0 Å². The number of imidazole rings is 1. The lowest BCUT2D eigenvalue weighted by Crippen LogP contribution is -2.11. The first-order valence-electron chi connectivity index (χ1n) is 7.77. The quantitative estimate of drug-likeness (QED) is 0.237. The fourth-order valence-electron chi connectivity index (χ4n) is 2.69. The van der Waals surface area contributed by atoms with Gasteiger partial charge in [0.15, 0.2) is 5.84 Å². The summed E-state index contributed by atoms with van der Waals surface area (Å²) in [5.74, 6) is 1.20. The molecular formula is C17H20N4OS. The number of amidine groups is 1. The Morgan fingerprint density at radius 1 is 1.35 bits per heavy atom. The summed E-state index contributed by atoms with van der Waals surface area (Å²) < 4.78 is 2.18. The number of thiophene rings is 1. The van der Waals surface area contributed by atoms with Gasteiger partial charge in [-0.15, -0.1) is 11.3 Å². The molecule has 0 aliphatic carbocycles. The van der Waals surface area contributed by atoms with Crippen LogP contribution in [0.15, 0.2) is 40.9 Å². The molecule has 3 N–H and O–H groups in total. The zero-order valence-electron chi connectivity index (χ0n) is 13.1. The van der Waals surface area contributed by atoms with Gasteiger partial charge in [0.2, 0.25) is 0 Å². The molecule has 1 aromatic carbocycles. The van der Waals surface area contributed by atoms with E-state index in [-0.39, 0.29) is 5.84 Å². The van der Waals surface area contributed by atoms with Crippen LogP contribution in [0, 0.1) is 0 Å². The maximum Gasteiger partial charge on any atom is 0.180 e. The third kappa shape index (κ3) is 3.07. The molecule has 0 atom stereocenters. The first-order valence-corrected chi connectivity index (χ1v) is 8.65. The van der Waals surface area contributed by atoms with E-state index in [0.717, 1.165) is 40.3 Å². The molecule has 2 aromatic heterocycles. The molecule has 0 fully saturated rings. The molecule has 5 nitrogen and oxygen atoms in total.